The summed E-state index contributed by atoms with van der Waals surface area (Å²) < 4.78 is 6.02. The Balaban J connectivity index is 2.30. The summed E-state index contributed by atoms with van der Waals surface area (Å²) >= 11 is 0. The topological polar surface area (TPSA) is 46.5 Å². The maximum Gasteiger partial charge on any atom is 0.310 e. The zero-order valence-electron chi connectivity index (χ0n) is 10.7. The zero-order valence-corrected chi connectivity index (χ0v) is 10.7. The summed E-state index contributed by atoms with van der Waals surface area (Å²) in [5.74, 6) is -0.487. The van der Waals surface area contributed by atoms with Gasteiger partial charge in [-0.25, -0.2) is 0 Å². The number of carboxylic acid groups (broad SMARTS) is 1. The molecule has 2 fully saturated rings. The molecular weight excluding hydrogens is 204 g/mol. The monoisotopic (exact) mass is 226 g/mol. The van der Waals surface area contributed by atoms with Crippen LogP contribution < -0.4 is 0 Å². The largest absolute Gasteiger partial charge is 0.481 e. The molecule has 2 aliphatic rings. The van der Waals surface area contributed by atoms with Gasteiger partial charge in [-0.05, 0) is 47.0 Å². The molecule has 0 bridgehead atoms. The van der Waals surface area contributed by atoms with Crippen LogP contribution in [0.25, 0.3) is 0 Å². The van der Waals surface area contributed by atoms with Crippen molar-refractivity contribution in [1.82, 2.24) is 0 Å². The minimum atomic E-state index is -0.627. The minimum absolute atomic E-state index is 0.140. The quantitative estimate of drug-likeness (QED) is 0.787. The Hall–Kier alpha value is -0.570. The SMILES string of the molecule is CC1(C)CC(C2(C(=O)O)CCC2)C(C)(C)O1. The summed E-state index contributed by atoms with van der Waals surface area (Å²) in [4.78, 5) is 11.5. The van der Waals surface area contributed by atoms with Crippen molar-refractivity contribution < 1.29 is 14.6 Å². The van der Waals surface area contributed by atoms with Crippen molar-refractivity contribution in [1.29, 1.82) is 0 Å². The van der Waals surface area contributed by atoms with Gasteiger partial charge in [-0.3, -0.25) is 4.79 Å². The first-order chi connectivity index (χ1) is 7.20. The maximum absolute atomic E-state index is 11.5. The molecule has 0 radical (unpaired) electrons. The lowest BCUT2D eigenvalue weighted by atomic mass is 9.56. The average Bonchev–Trinajstić information content (AvgIpc) is 2.16. The van der Waals surface area contributed by atoms with Gasteiger partial charge in [0.2, 0.25) is 0 Å². The predicted octanol–water partition coefficient (Wildman–Crippen LogP) is 2.84. The van der Waals surface area contributed by atoms with Crippen molar-refractivity contribution in [3.05, 3.63) is 0 Å². The number of ether oxygens (including phenoxy) is 1. The van der Waals surface area contributed by atoms with E-state index in [0.29, 0.717) is 0 Å². The Labute approximate surface area is 97.2 Å². The van der Waals surface area contributed by atoms with Gasteiger partial charge in [0.1, 0.15) is 0 Å². The van der Waals surface area contributed by atoms with E-state index in [4.69, 9.17) is 4.74 Å². The lowest BCUT2D eigenvalue weighted by Gasteiger charge is -2.46. The Morgan fingerprint density at radius 1 is 1.25 bits per heavy atom. The highest BCUT2D eigenvalue weighted by Gasteiger charge is 2.60. The van der Waals surface area contributed by atoms with Crippen molar-refractivity contribution in [2.75, 3.05) is 0 Å². The molecule has 0 aromatic rings. The highest BCUT2D eigenvalue weighted by atomic mass is 16.5. The fraction of sp³-hybridized carbons (Fsp3) is 0.923. The molecule has 1 aliphatic carbocycles. The number of hydrogen-bond acceptors (Lipinski definition) is 2. The van der Waals surface area contributed by atoms with Crippen LogP contribution in [0.4, 0.5) is 0 Å². The first-order valence-electron chi connectivity index (χ1n) is 6.13. The number of aliphatic carboxylic acids is 1. The summed E-state index contributed by atoms with van der Waals surface area (Å²) in [6.45, 7) is 8.19. The van der Waals surface area contributed by atoms with Gasteiger partial charge in [-0.15, -0.1) is 0 Å². The highest BCUT2D eigenvalue weighted by Crippen LogP contribution is 2.58. The molecular formula is C13H22O3. The smallest absolute Gasteiger partial charge is 0.310 e. The van der Waals surface area contributed by atoms with Gasteiger partial charge >= 0.3 is 5.97 Å². The predicted molar refractivity (Wildman–Crippen MR) is 61.3 cm³/mol. The third kappa shape index (κ3) is 1.56. The summed E-state index contributed by atoms with van der Waals surface area (Å²) in [5.41, 5.74) is -1.02. The van der Waals surface area contributed by atoms with E-state index < -0.39 is 11.4 Å². The standard InChI is InChI=1S/C13H22O3/c1-11(2)8-9(12(3,4)16-11)13(10(14)15)6-5-7-13/h9H,5-8H2,1-4H3,(H,14,15). The summed E-state index contributed by atoms with van der Waals surface area (Å²) in [7, 11) is 0. The molecule has 92 valence electrons. The van der Waals surface area contributed by atoms with Crippen molar-refractivity contribution >= 4 is 5.97 Å². The van der Waals surface area contributed by atoms with Crippen molar-refractivity contribution in [2.24, 2.45) is 11.3 Å². The molecule has 3 heteroatoms. The van der Waals surface area contributed by atoms with Crippen LogP contribution in [0.2, 0.25) is 0 Å². The number of carboxylic acids is 1. The summed E-state index contributed by atoms with van der Waals surface area (Å²) in [6.07, 6.45) is 3.53. The number of hydrogen-bond donors (Lipinski definition) is 1. The van der Waals surface area contributed by atoms with Gasteiger partial charge in [0.25, 0.3) is 0 Å². The van der Waals surface area contributed by atoms with Crippen LogP contribution in [0.15, 0.2) is 0 Å². The van der Waals surface area contributed by atoms with Crippen LogP contribution in [-0.2, 0) is 9.53 Å². The van der Waals surface area contributed by atoms with Gasteiger partial charge in [0, 0.05) is 5.92 Å². The van der Waals surface area contributed by atoms with Crippen LogP contribution in [0, 0.1) is 11.3 Å². The van der Waals surface area contributed by atoms with Gasteiger partial charge in [-0.2, -0.15) is 0 Å². The van der Waals surface area contributed by atoms with Crippen molar-refractivity contribution in [2.45, 2.75) is 64.6 Å². The summed E-state index contributed by atoms with van der Waals surface area (Å²) in [5, 5.41) is 9.49. The molecule has 1 aliphatic heterocycles. The van der Waals surface area contributed by atoms with Crippen LogP contribution in [-0.4, -0.2) is 22.3 Å². The molecule has 1 unspecified atom stereocenters. The van der Waals surface area contributed by atoms with E-state index >= 15 is 0 Å². The highest BCUT2D eigenvalue weighted by molar-refractivity contribution is 5.76. The van der Waals surface area contributed by atoms with Gasteiger partial charge in [0.15, 0.2) is 0 Å². The molecule has 0 spiro atoms. The Kier molecular flexibility index (Phi) is 2.40. The second kappa shape index (κ2) is 3.22. The molecule has 2 rings (SSSR count). The molecule has 1 saturated carbocycles. The van der Waals surface area contributed by atoms with Gasteiger partial charge < -0.3 is 9.84 Å². The van der Waals surface area contributed by atoms with E-state index in [1.54, 1.807) is 0 Å². The molecule has 1 heterocycles. The van der Waals surface area contributed by atoms with Crippen molar-refractivity contribution in [3.8, 4) is 0 Å². The first-order valence-corrected chi connectivity index (χ1v) is 6.13. The molecule has 0 amide bonds. The molecule has 3 nitrogen and oxygen atoms in total. The molecule has 0 aromatic carbocycles. The van der Waals surface area contributed by atoms with Crippen LogP contribution in [0.5, 0.6) is 0 Å². The molecule has 1 saturated heterocycles. The van der Waals surface area contributed by atoms with E-state index in [9.17, 15) is 9.90 Å². The van der Waals surface area contributed by atoms with Crippen LogP contribution in [0.3, 0.4) is 0 Å². The summed E-state index contributed by atoms with van der Waals surface area (Å²) in [6, 6.07) is 0. The second-order valence-electron chi connectivity index (χ2n) is 6.54. The molecule has 16 heavy (non-hydrogen) atoms. The Morgan fingerprint density at radius 2 is 1.81 bits per heavy atom. The number of carbonyl (C=O) groups is 1. The van der Waals surface area contributed by atoms with Crippen molar-refractivity contribution in [3.63, 3.8) is 0 Å². The Bertz CT molecular complexity index is 313. The lowest BCUT2D eigenvalue weighted by molar-refractivity contribution is -0.167. The molecule has 1 atom stereocenters. The van der Waals surface area contributed by atoms with E-state index in [-0.39, 0.29) is 17.1 Å². The third-order valence-corrected chi connectivity index (χ3v) is 4.41. The maximum atomic E-state index is 11.5. The van der Waals surface area contributed by atoms with Gasteiger partial charge in [0.05, 0.1) is 16.6 Å². The van der Waals surface area contributed by atoms with Crippen LogP contribution in [0.1, 0.15) is 53.4 Å². The normalized spacial score (nSPS) is 34.4. The first kappa shape index (κ1) is 11.9. The minimum Gasteiger partial charge on any atom is -0.481 e. The van der Waals surface area contributed by atoms with E-state index in [2.05, 4.69) is 13.8 Å². The van der Waals surface area contributed by atoms with E-state index in [1.165, 1.54) is 0 Å². The number of rotatable bonds is 2. The van der Waals surface area contributed by atoms with Crippen LogP contribution >= 0.6 is 0 Å². The fourth-order valence-corrected chi connectivity index (χ4v) is 3.69. The molecule has 0 aromatic heterocycles. The average molecular weight is 226 g/mol. The molecule has 1 N–H and O–H groups in total. The van der Waals surface area contributed by atoms with E-state index in [1.807, 2.05) is 13.8 Å². The third-order valence-electron chi connectivity index (χ3n) is 4.41. The Morgan fingerprint density at radius 3 is 2.06 bits per heavy atom. The second-order valence-corrected chi connectivity index (χ2v) is 6.54. The van der Waals surface area contributed by atoms with Gasteiger partial charge in [-0.1, -0.05) is 6.42 Å². The lowest BCUT2D eigenvalue weighted by Crippen LogP contribution is -2.50. The van der Waals surface area contributed by atoms with E-state index in [0.717, 1.165) is 25.7 Å². The zero-order chi connectivity index (χ0) is 12.2. The fourth-order valence-electron chi connectivity index (χ4n) is 3.69.